The van der Waals surface area contributed by atoms with E-state index >= 15 is 0 Å². The molecule has 2 aromatic rings. The van der Waals surface area contributed by atoms with Gasteiger partial charge in [-0.15, -0.1) is 0 Å². The first kappa shape index (κ1) is 20.3. The molecule has 0 aliphatic carbocycles. The highest BCUT2D eigenvalue weighted by Gasteiger charge is 2.55. The van der Waals surface area contributed by atoms with E-state index < -0.39 is 17.3 Å². The normalized spacial score (nSPS) is 19.6. The average molecular weight is 414 g/mol. The Morgan fingerprint density at radius 3 is 2.65 bits per heavy atom. The Labute approximate surface area is 179 Å². The minimum Gasteiger partial charge on any atom is -0.463 e. The monoisotopic (exact) mass is 414 g/mol. The first-order valence-electron chi connectivity index (χ1n) is 9.93. The second-order valence-corrected chi connectivity index (χ2v) is 7.32. The highest BCUT2D eigenvalue weighted by atomic mass is 19.1. The Bertz CT molecular complexity index is 1170. The molecule has 2 aliphatic rings. The molecule has 1 atom stereocenters. The number of hydrazone groups is 1. The molecule has 2 heterocycles. The predicted octanol–water partition coefficient (Wildman–Crippen LogP) is 3.81. The third-order valence-electron chi connectivity index (χ3n) is 5.68. The zero-order valence-electron chi connectivity index (χ0n) is 16.9. The number of rotatable bonds is 4. The summed E-state index contributed by atoms with van der Waals surface area (Å²) in [6.45, 7) is 1.79. The Kier molecular flexibility index (Phi) is 5.27. The largest absolute Gasteiger partial charge is 0.463 e. The fourth-order valence-corrected chi connectivity index (χ4v) is 4.22. The van der Waals surface area contributed by atoms with Crippen molar-refractivity contribution in [2.75, 3.05) is 6.61 Å². The molecule has 6 nitrogen and oxygen atoms in total. The van der Waals surface area contributed by atoms with Crippen LogP contribution in [0.2, 0.25) is 0 Å². The van der Waals surface area contributed by atoms with Crippen LogP contribution in [0.25, 0.3) is 0 Å². The standard InChI is InChI=1S/C24H19FN4O2/c1-2-31-23(30)19(11-16-7-4-6-10-21(16)25)20-12-22-18-9-5-3-8-17(18)13-28-29(22)24(20,14-26)15-27/h3-10,13,22H,2,11-12H2,1H3/b20-19-. The number of carbonyl (C=O) groups is 1. The molecule has 1 fully saturated rings. The quantitative estimate of drug-likeness (QED) is 0.561. The van der Waals surface area contributed by atoms with Gasteiger partial charge in [0.05, 0.1) is 18.9 Å². The molecule has 0 amide bonds. The minimum absolute atomic E-state index is 0.0854. The third-order valence-corrected chi connectivity index (χ3v) is 5.68. The Morgan fingerprint density at radius 2 is 1.94 bits per heavy atom. The summed E-state index contributed by atoms with van der Waals surface area (Å²) < 4.78 is 19.6. The molecule has 0 spiro atoms. The summed E-state index contributed by atoms with van der Waals surface area (Å²) in [6, 6.07) is 17.5. The van der Waals surface area contributed by atoms with Crippen molar-refractivity contribution >= 4 is 12.2 Å². The van der Waals surface area contributed by atoms with Gasteiger partial charge in [0.1, 0.15) is 18.0 Å². The van der Waals surface area contributed by atoms with E-state index in [0.29, 0.717) is 5.57 Å². The molecule has 0 saturated carbocycles. The summed E-state index contributed by atoms with van der Waals surface area (Å²) in [5.74, 6) is -1.13. The molecule has 0 bridgehead atoms. The van der Waals surface area contributed by atoms with Crippen LogP contribution in [-0.2, 0) is 16.0 Å². The number of hydrogen-bond donors (Lipinski definition) is 0. The van der Waals surface area contributed by atoms with Crippen LogP contribution in [-0.4, -0.2) is 29.3 Å². The van der Waals surface area contributed by atoms with Crippen LogP contribution in [0.5, 0.6) is 0 Å². The molecule has 2 aliphatic heterocycles. The van der Waals surface area contributed by atoms with Gasteiger partial charge in [0.25, 0.3) is 5.54 Å². The van der Waals surface area contributed by atoms with Gasteiger partial charge in [-0.25, -0.2) is 9.18 Å². The van der Waals surface area contributed by atoms with Crippen LogP contribution in [0.15, 0.2) is 64.8 Å². The molecular formula is C24H19FN4O2. The van der Waals surface area contributed by atoms with Gasteiger partial charge in [0, 0.05) is 12.0 Å². The zero-order chi connectivity index (χ0) is 22.0. The lowest BCUT2D eigenvalue weighted by molar-refractivity contribution is -0.138. The molecule has 1 unspecified atom stereocenters. The number of fused-ring (bicyclic) bond motifs is 3. The lowest BCUT2D eigenvalue weighted by Crippen LogP contribution is -2.42. The fraction of sp³-hybridized carbons (Fsp3) is 0.250. The topological polar surface area (TPSA) is 89.5 Å². The lowest BCUT2D eigenvalue weighted by atomic mass is 9.86. The maximum Gasteiger partial charge on any atom is 0.334 e. The van der Waals surface area contributed by atoms with Crippen LogP contribution in [0.4, 0.5) is 4.39 Å². The van der Waals surface area contributed by atoms with Crippen molar-refractivity contribution < 1.29 is 13.9 Å². The number of carbonyl (C=O) groups excluding carboxylic acids is 1. The van der Waals surface area contributed by atoms with Crippen LogP contribution in [0.1, 0.15) is 36.1 Å². The maximum atomic E-state index is 14.4. The van der Waals surface area contributed by atoms with Crippen LogP contribution >= 0.6 is 0 Å². The zero-order valence-corrected chi connectivity index (χ0v) is 16.9. The van der Waals surface area contributed by atoms with Gasteiger partial charge >= 0.3 is 5.97 Å². The van der Waals surface area contributed by atoms with Gasteiger partial charge in [-0.3, -0.25) is 5.01 Å². The molecule has 0 radical (unpaired) electrons. The number of nitrogens with zero attached hydrogens (tertiary/aromatic N) is 4. The van der Waals surface area contributed by atoms with Crippen LogP contribution in [0, 0.1) is 28.5 Å². The van der Waals surface area contributed by atoms with Gasteiger partial charge in [-0.1, -0.05) is 42.5 Å². The van der Waals surface area contributed by atoms with Gasteiger partial charge in [-0.05, 0) is 41.7 Å². The van der Waals surface area contributed by atoms with Crippen molar-refractivity contribution in [3.8, 4) is 12.1 Å². The third kappa shape index (κ3) is 3.25. The Hall–Kier alpha value is -3.97. The van der Waals surface area contributed by atoms with E-state index in [1.807, 2.05) is 24.3 Å². The molecule has 4 rings (SSSR count). The van der Waals surface area contributed by atoms with Crippen LogP contribution < -0.4 is 0 Å². The SMILES string of the molecule is CCOC(=O)/C(Cc1ccccc1F)=C1/CC2c3ccccc3C=NN2C1(C#N)C#N. The maximum absolute atomic E-state index is 14.4. The number of benzene rings is 2. The van der Waals surface area contributed by atoms with Gasteiger partial charge in [0.15, 0.2) is 0 Å². The second-order valence-electron chi connectivity index (χ2n) is 7.32. The molecule has 2 aromatic carbocycles. The van der Waals surface area contributed by atoms with Gasteiger partial charge in [-0.2, -0.15) is 15.6 Å². The van der Waals surface area contributed by atoms with Crippen molar-refractivity contribution in [2.24, 2.45) is 5.10 Å². The van der Waals surface area contributed by atoms with Crippen molar-refractivity contribution in [1.29, 1.82) is 10.5 Å². The van der Waals surface area contributed by atoms with Crippen molar-refractivity contribution in [2.45, 2.75) is 31.3 Å². The van der Waals surface area contributed by atoms with Crippen LogP contribution in [0.3, 0.4) is 0 Å². The number of hydrogen-bond acceptors (Lipinski definition) is 6. The smallest absolute Gasteiger partial charge is 0.334 e. The summed E-state index contributed by atoms with van der Waals surface area (Å²) >= 11 is 0. The first-order chi connectivity index (χ1) is 15.1. The van der Waals surface area contributed by atoms with E-state index in [9.17, 15) is 19.7 Å². The second kappa shape index (κ2) is 8.04. The van der Waals surface area contributed by atoms with E-state index in [1.165, 1.54) is 11.1 Å². The van der Waals surface area contributed by atoms with Crippen molar-refractivity contribution in [3.05, 3.63) is 82.2 Å². The van der Waals surface area contributed by atoms with E-state index in [4.69, 9.17) is 4.74 Å². The minimum atomic E-state index is -1.79. The van der Waals surface area contributed by atoms with Crippen molar-refractivity contribution in [1.82, 2.24) is 5.01 Å². The predicted molar refractivity (Wildman–Crippen MR) is 111 cm³/mol. The molecule has 7 heteroatoms. The Morgan fingerprint density at radius 1 is 1.23 bits per heavy atom. The van der Waals surface area contributed by atoms with Gasteiger partial charge < -0.3 is 4.74 Å². The summed E-state index contributed by atoms with van der Waals surface area (Å²) in [6.07, 6.45) is 1.76. The van der Waals surface area contributed by atoms with E-state index in [2.05, 4.69) is 17.2 Å². The molecule has 0 N–H and O–H groups in total. The number of ether oxygens (including phenoxy) is 1. The summed E-state index contributed by atoms with van der Waals surface area (Å²) in [5.41, 5.74) is 0.729. The number of esters is 1. The van der Waals surface area contributed by atoms with Gasteiger partial charge in [0.2, 0.25) is 0 Å². The fourth-order valence-electron chi connectivity index (χ4n) is 4.22. The highest BCUT2D eigenvalue weighted by molar-refractivity contribution is 5.91. The molecule has 1 saturated heterocycles. The Balaban J connectivity index is 1.91. The molecule has 31 heavy (non-hydrogen) atoms. The summed E-state index contributed by atoms with van der Waals surface area (Å²) in [7, 11) is 0. The number of halogens is 1. The molecule has 0 aromatic heterocycles. The lowest BCUT2D eigenvalue weighted by Gasteiger charge is -2.32. The van der Waals surface area contributed by atoms with Crippen molar-refractivity contribution in [3.63, 3.8) is 0 Å². The summed E-state index contributed by atoms with van der Waals surface area (Å²) in [4.78, 5) is 12.9. The summed E-state index contributed by atoms with van der Waals surface area (Å²) in [5, 5.41) is 26.1. The van der Waals surface area contributed by atoms with E-state index in [0.717, 1.165) is 11.1 Å². The molecule has 154 valence electrons. The first-order valence-corrected chi connectivity index (χ1v) is 9.93. The molecular weight excluding hydrogens is 395 g/mol. The highest BCUT2D eigenvalue weighted by Crippen LogP contribution is 2.49. The average Bonchev–Trinajstić information content (AvgIpc) is 3.13. The van der Waals surface area contributed by atoms with E-state index in [-0.39, 0.29) is 36.6 Å². The number of nitriles is 2. The van der Waals surface area contributed by atoms with E-state index in [1.54, 1.807) is 31.3 Å².